The van der Waals surface area contributed by atoms with Crippen molar-refractivity contribution in [2.75, 3.05) is 6.54 Å². The van der Waals surface area contributed by atoms with E-state index >= 15 is 0 Å². The molecule has 0 atom stereocenters. The van der Waals surface area contributed by atoms with Gasteiger partial charge in [-0.05, 0) is 41.7 Å². The minimum Gasteiger partial charge on any atom is -0.478 e. The van der Waals surface area contributed by atoms with Gasteiger partial charge in [-0.2, -0.15) is 0 Å². The van der Waals surface area contributed by atoms with Gasteiger partial charge in [-0.1, -0.05) is 36.4 Å². The number of ether oxygens (including phenoxy) is 1. The van der Waals surface area contributed by atoms with Crippen LogP contribution < -0.4 is 0 Å². The minimum absolute atomic E-state index is 0.234. The van der Waals surface area contributed by atoms with Gasteiger partial charge in [0.25, 0.3) is 0 Å². The first-order valence-electron chi connectivity index (χ1n) is 7.94. The van der Waals surface area contributed by atoms with Crippen LogP contribution in [0.15, 0.2) is 48.5 Å². The molecule has 2 aromatic carbocycles. The maximum atomic E-state index is 12.3. The summed E-state index contributed by atoms with van der Waals surface area (Å²) in [6, 6.07) is 14.6. The maximum absolute atomic E-state index is 12.3. The standard InChI is InChI=1S/C19H19NO4/c21-18(22)16-9-8-15-7-4-10-20(12-17(15)11-16)19(23)24-13-14-5-2-1-3-6-14/h1-3,5-6,8-9,11H,4,7,10,12-13H2,(H,21,22). The van der Waals surface area contributed by atoms with Gasteiger partial charge in [-0.3, -0.25) is 0 Å². The Hall–Kier alpha value is -2.82. The van der Waals surface area contributed by atoms with Crippen LogP contribution >= 0.6 is 0 Å². The van der Waals surface area contributed by atoms with E-state index in [1.165, 1.54) is 0 Å². The lowest BCUT2D eigenvalue weighted by atomic mass is 10.0. The number of aromatic carboxylic acids is 1. The fourth-order valence-electron chi connectivity index (χ4n) is 2.86. The van der Waals surface area contributed by atoms with Gasteiger partial charge in [0.1, 0.15) is 6.61 Å². The molecule has 1 N–H and O–H groups in total. The van der Waals surface area contributed by atoms with Crippen LogP contribution in [-0.2, 0) is 24.3 Å². The Bertz CT molecular complexity index is 742. The number of amides is 1. The topological polar surface area (TPSA) is 66.8 Å². The third-order valence-corrected chi connectivity index (χ3v) is 4.15. The molecule has 24 heavy (non-hydrogen) atoms. The number of carbonyl (C=O) groups excluding carboxylic acids is 1. The van der Waals surface area contributed by atoms with Crippen LogP contribution in [0.1, 0.15) is 33.5 Å². The third kappa shape index (κ3) is 3.74. The molecule has 1 amide bonds. The van der Waals surface area contributed by atoms with E-state index in [4.69, 9.17) is 9.84 Å². The lowest BCUT2D eigenvalue weighted by Crippen LogP contribution is -2.31. The predicted molar refractivity (Wildman–Crippen MR) is 88.8 cm³/mol. The summed E-state index contributed by atoms with van der Waals surface area (Å²) < 4.78 is 5.39. The molecule has 0 bridgehead atoms. The molecule has 5 nitrogen and oxygen atoms in total. The maximum Gasteiger partial charge on any atom is 0.410 e. The zero-order valence-corrected chi connectivity index (χ0v) is 13.3. The molecule has 3 rings (SSSR count). The molecule has 0 saturated carbocycles. The van der Waals surface area contributed by atoms with Crippen LogP contribution in [0.5, 0.6) is 0 Å². The molecule has 0 saturated heterocycles. The lowest BCUT2D eigenvalue weighted by Gasteiger charge is -2.20. The zero-order valence-electron chi connectivity index (χ0n) is 13.3. The van der Waals surface area contributed by atoms with E-state index in [9.17, 15) is 9.59 Å². The molecule has 1 aliphatic heterocycles. The number of carbonyl (C=O) groups is 2. The van der Waals surface area contributed by atoms with Crippen molar-refractivity contribution in [3.05, 3.63) is 70.8 Å². The molecule has 1 heterocycles. The first-order valence-corrected chi connectivity index (χ1v) is 7.94. The van der Waals surface area contributed by atoms with Gasteiger partial charge in [0, 0.05) is 13.1 Å². The lowest BCUT2D eigenvalue weighted by molar-refractivity contribution is 0.0696. The van der Waals surface area contributed by atoms with Gasteiger partial charge in [0.15, 0.2) is 0 Å². The van der Waals surface area contributed by atoms with Crippen LogP contribution in [0.3, 0.4) is 0 Å². The first kappa shape index (κ1) is 16.1. The van der Waals surface area contributed by atoms with Crippen molar-refractivity contribution in [2.45, 2.75) is 26.0 Å². The smallest absolute Gasteiger partial charge is 0.410 e. The second-order valence-electron chi connectivity index (χ2n) is 5.85. The van der Waals surface area contributed by atoms with Gasteiger partial charge in [0.2, 0.25) is 0 Å². The van der Waals surface area contributed by atoms with E-state index < -0.39 is 5.97 Å². The highest BCUT2D eigenvalue weighted by molar-refractivity contribution is 5.88. The normalized spacial score (nSPS) is 13.8. The molecule has 5 heteroatoms. The van der Waals surface area contributed by atoms with Gasteiger partial charge >= 0.3 is 12.1 Å². The second-order valence-corrected chi connectivity index (χ2v) is 5.85. The average molecular weight is 325 g/mol. The average Bonchev–Trinajstić information content (AvgIpc) is 2.82. The molecular formula is C19H19NO4. The summed E-state index contributed by atoms with van der Waals surface area (Å²) in [4.78, 5) is 25.1. The Morgan fingerprint density at radius 1 is 1.08 bits per heavy atom. The molecule has 0 aliphatic carbocycles. The van der Waals surface area contributed by atoms with E-state index in [1.54, 1.807) is 17.0 Å². The van der Waals surface area contributed by atoms with Crippen molar-refractivity contribution >= 4 is 12.1 Å². The van der Waals surface area contributed by atoms with Crippen LogP contribution in [-0.4, -0.2) is 28.6 Å². The molecule has 0 radical (unpaired) electrons. The summed E-state index contributed by atoms with van der Waals surface area (Å²) in [6.45, 7) is 1.22. The molecule has 124 valence electrons. The number of carboxylic acid groups (broad SMARTS) is 1. The Morgan fingerprint density at radius 3 is 2.62 bits per heavy atom. The number of fused-ring (bicyclic) bond motifs is 1. The van der Waals surface area contributed by atoms with Gasteiger partial charge in [-0.15, -0.1) is 0 Å². The highest BCUT2D eigenvalue weighted by Crippen LogP contribution is 2.21. The molecule has 0 fully saturated rings. The molecule has 0 unspecified atom stereocenters. The number of benzene rings is 2. The van der Waals surface area contributed by atoms with Gasteiger partial charge in [-0.25, -0.2) is 9.59 Å². The zero-order chi connectivity index (χ0) is 16.9. The van der Waals surface area contributed by atoms with Crippen LogP contribution in [0.4, 0.5) is 4.79 Å². The number of aryl methyl sites for hydroxylation is 1. The Balaban J connectivity index is 1.69. The Kier molecular flexibility index (Phi) is 4.79. The molecule has 0 aromatic heterocycles. The largest absolute Gasteiger partial charge is 0.478 e. The van der Waals surface area contributed by atoms with Crippen molar-refractivity contribution in [3.63, 3.8) is 0 Å². The second kappa shape index (κ2) is 7.17. The van der Waals surface area contributed by atoms with Crippen molar-refractivity contribution in [3.8, 4) is 0 Å². The molecule has 0 spiro atoms. The van der Waals surface area contributed by atoms with Crippen molar-refractivity contribution in [2.24, 2.45) is 0 Å². The molecule has 1 aliphatic rings. The Labute approximate surface area is 140 Å². The summed E-state index contributed by atoms with van der Waals surface area (Å²) in [7, 11) is 0. The number of nitrogens with zero attached hydrogens (tertiary/aromatic N) is 1. The fourth-order valence-corrected chi connectivity index (χ4v) is 2.86. The summed E-state index contributed by atoms with van der Waals surface area (Å²) in [5, 5.41) is 9.14. The summed E-state index contributed by atoms with van der Waals surface area (Å²) in [5.41, 5.74) is 3.16. The van der Waals surface area contributed by atoms with Gasteiger partial charge in [0.05, 0.1) is 5.56 Å². The highest BCUT2D eigenvalue weighted by atomic mass is 16.6. The number of carboxylic acids is 1. The van der Waals surface area contributed by atoms with Crippen molar-refractivity contribution in [1.29, 1.82) is 0 Å². The van der Waals surface area contributed by atoms with E-state index in [0.717, 1.165) is 29.5 Å². The predicted octanol–water partition coefficient (Wildman–Crippen LogP) is 3.47. The number of hydrogen-bond acceptors (Lipinski definition) is 3. The monoisotopic (exact) mass is 325 g/mol. The molecule has 2 aromatic rings. The highest BCUT2D eigenvalue weighted by Gasteiger charge is 2.21. The molecular weight excluding hydrogens is 306 g/mol. The number of hydrogen-bond donors (Lipinski definition) is 1. The Morgan fingerprint density at radius 2 is 1.88 bits per heavy atom. The third-order valence-electron chi connectivity index (χ3n) is 4.15. The quantitative estimate of drug-likeness (QED) is 0.938. The van der Waals surface area contributed by atoms with Crippen molar-refractivity contribution in [1.82, 2.24) is 4.90 Å². The van der Waals surface area contributed by atoms with Crippen LogP contribution in [0.25, 0.3) is 0 Å². The minimum atomic E-state index is -0.958. The summed E-state index contributed by atoms with van der Waals surface area (Å²) >= 11 is 0. The van der Waals surface area contributed by atoms with E-state index in [2.05, 4.69) is 0 Å². The SMILES string of the molecule is O=C(O)c1ccc2c(c1)CN(C(=O)OCc1ccccc1)CCC2. The van der Waals surface area contributed by atoms with E-state index in [0.29, 0.717) is 13.1 Å². The van der Waals surface area contributed by atoms with E-state index in [1.807, 2.05) is 36.4 Å². The van der Waals surface area contributed by atoms with E-state index in [-0.39, 0.29) is 18.3 Å². The van der Waals surface area contributed by atoms with Crippen LogP contribution in [0, 0.1) is 0 Å². The van der Waals surface area contributed by atoms with Gasteiger partial charge < -0.3 is 14.7 Å². The summed E-state index contributed by atoms with van der Waals surface area (Å²) in [5.74, 6) is -0.958. The number of rotatable bonds is 3. The van der Waals surface area contributed by atoms with Crippen molar-refractivity contribution < 1.29 is 19.4 Å². The fraction of sp³-hybridized carbons (Fsp3) is 0.263. The first-order chi connectivity index (χ1) is 11.6. The summed E-state index contributed by atoms with van der Waals surface area (Å²) in [6.07, 6.45) is 1.30. The van der Waals surface area contributed by atoms with Crippen LogP contribution in [0.2, 0.25) is 0 Å².